The Morgan fingerprint density at radius 2 is 1.86 bits per heavy atom. The van der Waals surface area contributed by atoms with Crippen LogP contribution in [-0.4, -0.2) is 22.1 Å². The van der Waals surface area contributed by atoms with E-state index >= 15 is 4.39 Å². The van der Waals surface area contributed by atoms with Gasteiger partial charge in [0.2, 0.25) is 11.4 Å². The van der Waals surface area contributed by atoms with E-state index in [0.717, 1.165) is 0 Å². The summed E-state index contributed by atoms with van der Waals surface area (Å²) in [5, 5.41) is -0.172. The number of nitrogen functional groups attached to an aromatic ring is 1. The van der Waals surface area contributed by atoms with Crippen LogP contribution in [0.15, 0.2) is 59.0 Å². The molecule has 2 N–H and O–H groups in total. The van der Waals surface area contributed by atoms with Gasteiger partial charge in [0, 0.05) is 20.1 Å². The van der Waals surface area contributed by atoms with Gasteiger partial charge in [-0.2, -0.15) is 4.98 Å². The summed E-state index contributed by atoms with van der Waals surface area (Å²) in [6.45, 7) is 1.59. The number of aromatic nitrogens is 2. The zero-order valence-electron chi connectivity index (χ0n) is 18.4. The molecule has 3 heterocycles. The van der Waals surface area contributed by atoms with Crippen molar-refractivity contribution in [2.45, 2.75) is 12.8 Å². The Morgan fingerprint density at radius 1 is 1.17 bits per heavy atom. The maximum Gasteiger partial charge on any atom is 0.362 e. The molecule has 0 saturated heterocycles. The second-order valence-corrected chi connectivity index (χ2v) is 9.53. The largest absolute Gasteiger partial charge is 0.462 e. The number of halogens is 4. The fourth-order valence-electron chi connectivity index (χ4n) is 4.06. The molecule has 0 fully saturated rings. The molecule has 0 amide bonds. The minimum atomic E-state index is -1.18. The molecule has 1 aliphatic rings. The fourth-order valence-corrected chi connectivity index (χ4v) is 4.82. The van der Waals surface area contributed by atoms with Crippen LogP contribution in [0.2, 0.25) is 0 Å². The summed E-state index contributed by atoms with van der Waals surface area (Å²) in [6, 6.07) is 8.06. The lowest BCUT2D eigenvalue weighted by Crippen LogP contribution is -2.37. The highest BCUT2D eigenvalue weighted by molar-refractivity contribution is 9.10. The second kappa shape index (κ2) is 9.17. The molecule has 36 heavy (non-hydrogen) atoms. The zero-order chi connectivity index (χ0) is 25.7. The van der Waals surface area contributed by atoms with Gasteiger partial charge in [0.25, 0.3) is 6.01 Å². The summed E-state index contributed by atoms with van der Waals surface area (Å²) in [7, 11) is 0. The first-order valence-electron chi connectivity index (χ1n) is 10.5. The van der Waals surface area contributed by atoms with Crippen molar-refractivity contribution in [2.75, 3.05) is 12.3 Å². The lowest BCUT2D eigenvalue weighted by Gasteiger charge is -2.22. The first-order chi connectivity index (χ1) is 17.2. The zero-order valence-corrected chi connectivity index (χ0v) is 21.5. The van der Waals surface area contributed by atoms with Crippen molar-refractivity contribution in [3.05, 3.63) is 95.1 Å². The quantitative estimate of drug-likeness (QED) is 0.347. The highest BCUT2D eigenvalue weighted by Crippen LogP contribution is 2.40. The van der Waals surface area contributed by atoms with Gasteiger partial charge < -0.3 is 19.3 Å². The summed E-state index contributed by atoms with van der Waals surface area (Å²) in [5.41, 5.74) is 4.64. The first kappa shape index (κ1) is 24.2. The van der Waals surface area contributed by atoms with Crippen LogP contribution in [0.5, 0.6) is 0 Å². The van der Waals surface area contributed by atoms with Crippen LogP contribution in [0.25, 0.3) is 17.5 Å². The predicted molar refractivity (Wildman–Crippen MR) is 132 cm³/mol. The lowest BCUT2D eigenvalue weighted by atomic mass is 9.86. The number of hydrogen-bond acceptors (Lipinski definition) is 7. The van der Waals surface area contributed by atoms with Crippen LogP contribution in [0.3, 0.4) is 0 Å². The van der Waals surface area contributed by atoms with E-state index in [-0.39, 0.29) is 51.8 Å². The van der Waals surface area contributed by atoms with Crippen molar-refractivity contribution in [3.8, 4) is 5.88 Å². The Balaban J connectivity index is 1.94. The number of nitrogens with two attached hydrogens (primary N) is 1. The third-order valence-corrected chi connectivity index (χ3v) is 6.49. The molecule has 0 bridgehead atoms. The fraction of sp³-hybridized carbons (Fsp3) is 0.125. The normalized spacial score (nSPS) is 15.1. The van der Waals surface area contributed by atoms with Gasteiger partial charge in [0.1, 0.15) is 28.3 Å². The van der Waals surface area contributed by atoms with Gasteiger partial charge in [-0.1, -0.05) is 31.9 Å². The smallest absolute Gasteiger partial charge is 0.362 e. The highest BCUT2D eigenvalue weighted by Gasteiger charge is 2.41. The molecule has 2 aromatic heterocycles. The Labute approximate surface area is 217 Å². The number of esters is 1. The molecule has 12 heteroatoms. The molecule has 0 aliphatic carbocycles. The molecular formula is C24H15Br2F2N3O5. The van der Waals surface area contributed by atoms with Crippen LogP contribution < -0.4 is 22.3 Å². The van der Waals surface area contributed by atoms with Crippen molar-refractivity contribution in [2.24, 2.45) is 0 Å². The molecule has 8 nitrogen and oxygen atoms in total. The number of nitrogens with zero attached hydrogens (tertiary/aromatic N) is 2. The van der Waals surface area contributed by atoms with Crippen LogP contribution in [0.4, 0.5) is 14.8 Å². The van der Waals surface area contributed by atoms with E-state index in [9.17, 15) is 14.0 Å². The third kappa shape index (κ3) is 3.99. The topological polar surface area (TPSA) is 113 Å². The average molecular weight is 623 g/mol. The number of carbonyl (C=O) groups is 1. The lowest BCUT2D eigenvalue weighted by molar-refractivity contribution is -0.136. The second-order valence-electron chi connectivity index (χ2n) is 7.70. The Hall–Kier alpha value is -3.51. The number of hydrogen-bond donors (Lipinski definition) is 1. The minimum Gasteiger partial charge on any atom is -0.462 e. The van der Waals surface area contributed by atoms with E-state index in [1.165, 1.54) is 47.0 Å². The van der Waals surface area contributed by atoms with Gasteiger partial charge in [0.05, 0.1) is 12.5 Å². The summed E-state index contributed by atoms with van der Waals surface area (Å²) in [5.74, 6) is -3.38. The van der Waals surface area contributed by atoms with Gasteiger partial charge in [-0.15, -0.1) is 0 Å². The number of oxazole rings is 2. The number of carbonyl (C=O) groups excluding carboxylic acids is 1. The van der Waals surface area contributed by atoms with E-state index in [0.29, 0.717) is 8.95 Å². The first-order valence-corrected chi connectivity index (χ1v) is 12.1. The molecule has 0 spiro atoms. The van der Waals surface area contributed by atoms with E-state index in [1.807, 2.05) is 0 Å². The van der Waals surface area contributed by atoms with Gasteiger partial charge in [-0.05, 0) is 49.4 Å². The minimum absolute atomic E-state index is 0.00297. The molecule has 4 aromatic rings. The van der Waals surface area contributed by atoms with E-state index < -0.39 is 29.1 Å². The summed E-state index contributed by atoms with van der Waals surface area (Å²) < 4.78 is 48.2. The molecule has 2 aromatic carbocycles. The molecule has 1 aliphatic heterocycles. The van der Waals surface area contributed by atoms with Crippen LogP contribution >= 0.6 is 31.9 Å². The van der Waals surface area contributed by atoms with Crippen molar-refractivity contribution < 1.29 is 27.1 Å². The van der Waals surface area contributed by atoms with E-state index in [2.05, 4.69) is 36.8 Å². The molecule has 0 saturated carbocycles. The summed E-state index contributed by atoms with van der Waals surface area (Å²) in [4.78, 5) is 30.4. The maximum atomic E-state index is 15.1. The third-order valence-electron chi connectivity index (χ3n) is 5.50. The number of rotatable bonds is 4. The van der Waals surface area contributed by atoms with Gasteiger partial charge in [0.15, 0.2) is 0 Å². The molecular weight excluding hydrogens is 608 g/mol. The van der Waals surface area contributed by atoms with Crippen LogP contribution in [0, 0.1) is 11.6 Å². The van der Waals surface area contributed by atoms with Crippen LogP contribution in [-0.2, 0) is 9.53 Å². The predicted octanol–water partition coefficient (Wildman–Crippen LogP) is 3.49. The molecule has 184 valence electrons. The Bertz CT molecular complexity index is 1720. The molecule has 0 radical (unpaired) electrons. The number of benzene rings is 2. The van der Waals surface area contributed by atoms with Gasteiger partial charge in [-0.3, -0.25) is 0 Å². The SMILES string of the molecule is CCOC(=O)C1=c2oc(=O)/c(=C\c3cc(Br)ccc3F)n2-c2oc(N)nc2C1c1cc(Br)ccc1F. The monoisotopic (exact) mass is 621 g/mol. The maximum absolute atomic E-state index is 15.1. The summed E-state index contributed by atoms with van der Waals surface area (Å²) in [6.07, 6.45) is 1.24. The molecule has 1 atom stereocenters. The van der Waals surface area contributed by atoms with Crippen molar-refractivity contribution >= 4 is 55.5 Å². The number of ether oxygens (including phenoxy) is 1. The van der Waals surface area contributed by atoms with Crippen LogP contribution in [0.1, 0.15) is 29.7 Å². The van der Waals surface area contributed by atoms with Crippen molar-refractivity contribution in [3.63, 3.8) is 0 Å². The Morgan fingerprint density at radius 3 is 2.58 bits per heavy atom. The molecule has 5 rings (SSSR count). The molecule has 1 unspecified atom stereocenters. The van der Waals surface area contributed by atoms with Gasteiger partial charge in [-0.25, -0.2) is 22.9 Å². The number of anilines is 1. The van der Waals surface area contributed by atoms with E-state index in [4.69, 9.17) is 19.3 Å². The van der Waals surface area contributed by atoms with Crippen molar-refractivity contribution in [1.29, 1.82) is 0 Å². The standard InChI is InChI=1S/C24H15Br2F2N3O5/c1-2-34-23(33)18-17(13-9-12(26)4-6-15(13)28)19-21(36-24(29)30-19)31-16(22(32)35-20(18)31)8-10-7-11(25)3-5-14(10)27/h3-9,17H,2H2,1H3,(H2,29,30)/b16-8+. The summed E-state index contributed by atoms with van der Waals surface area (Å²) >= 11 is 6.58. The Kier molecular flexibility index (Phi) is 6.17. The highest BCUT2D eigenvalue weighted by atomic mass is 79.9. The average Bonchev–Trinajstić information content (AvgIpc) is 3.36. The van der Waals surface area contributed by atoms with E-state index in [1.54, 1.807) is 6.92 Å². The van der Waals surface area contributed by atoms with Crippen molar-refractivity contribution in [1.82, 2.24) is 9.55 Å². The number of fused-ring (bicyclic) bond motifs is 3. The van der Waals surface area contributed by atoms with Gasteiger partial charge >= 0.3 is 11.6 Å².